The molecule has 0 aromatic heterocycles. The molecular weight excluding hydrogens is 295 g/mol. The van der Waals surface area contributed by atoms with Gasteiger partial charge in [-0.15, -0.1) is 0 Å². The fraction of sp³-hybridized carbons (Fsp3) is 0.278. The quantitative estimate of drug-likeness (QED) is 0.812. The number of halogens is 1. The Hall–Kier alpha value is -2.40. The van der Waals surface area contributed by atoms with Gasteiger partial charge in [0.05, 0.1) is 6.54 Å². The normalized spacial score (nSPS) is 19.2. The van der Waals surface area contributed by atoms with Crippen LogP contribution in [0.25, 0.3) is 0 Å². The Morgan fingerprint density at radius 1 is 1.13 bits per heavy atom. The van der Waals surface area contributed by atoms with Gasteiger partial charge in [0.25, 0.3) is 0 Å². The second-order valence-electron chi connectivity index (χ2n) is 5.85. The van der Waals surface area contributed by atoms with Gasteiger partial charge in [0.2, 0.25) is 0 Å². The molecule has 23 heavy (non-hydrogen) atoms. The van der Waals surface area contributed by atoms with E-state index in [4.69, 9.17) is 0 Å². The van der Waals surface area contributed by atoms with Crippen molar-refractivity contribution in [1.82, 2.24) is 10.6 Å². The lowest BCUT2D eigenvalue weighted by molar-refractivity contribution is 0.0412. The van der Waals surface area contributed by atoms with Crippen molar-refractivity contribution in [2.45, 2.75) is 25.0 Å². The minimum Gasteiger partial charge on any atom is -0.383 e. The first kappa shape index (κ1) is 15.5. The molecular formula is C18H19FN2O2. The minimum absolute atomic E-state index is 0.166. The minimum atomic E-state index is -1.01. The summed E-state index contributed by atoms with van der Waals surface area (Å²) in [5.74, 6) is -0.305. The Labute approximate surface area is 134 Å². The number of carbonyl (C=O) groups excluding carboxylic acids is 1. The van der Waals surface area contributed by atoms with Crippen molar-refractivity contribution in [1.29, 1.82) is 0 Å². The van der Waals surface area contributed by atoms with Gasteiger partial charge in [-0.05, 0) is 41.7 Å². The second kappa shape index (κ2) is 6.38. The van der Waals surface area contributed by atoms with Crippen molar-refractivity contribution in [2.24, 2.45) is 0 Å². The first-order chi connectivity index (χ1) is 11.1. The lowest BCUT2D eigenvalue weighted by Crippen LogP contribution is -2.43. The van der Waals surface area contributed by atoms with Crippen LogP contribution in [0.15, 0.2) is 48.5 Å². The topological polar surface area (TPSA) is 61.4 Å². The average molecular weight is 314 g/mol. The molecule has 1 aliphatic carbocycles. The van der Waals surface area contributed by atoms with E-state index in [1.807, 2.05) is 24.3 Å². The molecule has 1 unspecified atom stereocenters. The molecule has 1 aliphatic rings. The lowest BCUT2D eigenvalue weighted by atomic mass is 9.96. The third-order valence-electron chi connectivity index (χ3n) is 4.23. The SMILES string of the molecule is O=C(NCc1ccc(F)cc1)NCC1(O)CCc2ccccc21. The molecule has 4 nitrogen and oxygen atoms in total. The Bertz CT molecular complexity index is 702. The van der Waals surface area contributed by atoms with Gasteiger partial charge in [0.1, 0.15) is 11.4 Å². The van der Waals surface area contributed by atoms with Crippen LogP contribution in [0.1, 0.15) is 23.1 Å². The van der Waals surface area contributed by atoms with Crippen LogP contribution in [0, 0.1) is 5.82 Å². The van der Waals surface area contributed by atoms with Crippen LogP contribution in [-0.2, 0) is 18.6 Å². The molecule has 2 amide bonds. The standard InChI is InChI=1S/C18H19FN2O2/c19-15-7-5-13(6-8-15)11-20-17(22)21-12-18(23)10-9-14-3-1-2-4-16(14)18/h1-8,23H,9-12H2,(H2,20,21,22). The fourth-order valence-electron chi connectivity index (χ4n) is 2.93. The summed E-state index contributed by atoms with van der Waals surface area (Å²) >= 11 is 0. The number of nitrogens with one attached hydrogen (secondary N) is 2. The molecule has 3 rings (SSSR count). The summed E-state index contributed by atoms with van der Waals surface area (Å²) in [6.07, 6.45) is 1.41. The molecule has 5 heteroatoms. The van der Waals surface area contributed by atoms with Crippen molar-refractivity contribution in [3.05, 3.63) is 71.0 Å². The Morgan fingerprint density at radius 3 is 2.65 bits per heavy atom. The van der Waals surface area contributed by atoms with E-state index in [2.05, 4.69) is 10.6 Å². The molecule has 0 spiro atoms. The molecule has 120 valence electrons. The number of fused-ring (bicyclic) bond motifs is 1. The van der Waals surface area contributed by atoms with Crippen LogP contribution in [-0.4, -0.2) is 17.7 Å². The van der Waals surface area contributed by atoms with Gasteiger partial charge in [0.15, 0.2) is 0 Å². The van der Waals surface area contributed by atoms with Crippen LogP contribution in [0.2, 0.25) is 0 Å². The number of benzene rings is 2. The largest absolute Gasteiger partial charge is 0.383 e. The number of hydrogen-bond donors (Lipinski definition) is 3. The van der Waals surface area contributed by atoms with E-state index in [0.717, 1.165) is 23.1 Å². The van der Waals surface area contributed by atoms with E-state index < -0.39 is 5.60 Å². The van der Waals surface area contributed by atoms with E-state index in [0.29, 0.717) is 13.0 Å². The Balaban J connectivity index is 1.52. The zero-order valence-corrected chi connectivity index (χ0v) is 12.7. The summed E-state index contributed by atoms with van der Waals surface area (Å²) in [6, 6.07) is 13.3. The van der Waals surface area contributed by atoms with E-state index in [1.54, 1.807) is 12.1 Å². The van der Waals surface area contributed by atoms with Gasteiger partial charge in [-0.2, -0.15) is 0 Å². The van der Waals surface area contributed by atoms with Gasteiger partial charge in [-0.1, -0.05) is 36.4 Å². The van der Waals surface area contributed by atoms with Crippen LogP contribution in [0.3, 0.4) is 0 Å². The van der Waals surface area contributed by atoms with E-state index in [9.17, 15) is 14.3 Å². The molecule has 0 radical (unpaired) electrons. The molecule has 0 saturated heterocycles. The highest BCUT2D eigenvalue weighted by Gasteiger charge is 2.36. The highest BCUT2D eigenvalue weighted by molar-refractivity contribution is 5.74. The third-order valence-corrected chi connectivity index (χ3v) is 4.23. The van der Waals surface area contributed by atoms with Gasteiger partial charge < -0.3 is 15.7 Å². The van der Waals surface area contributed by atoms with Crippen LogP contribution in [0.5, 0.6) is 0 Å². The van der Waals surface area contributed by atoms with Gasteiger partial charge in [-0.25, -0.2) is 9.18 Å². The fourth-order valence-corrected chi connectivity index (χ4v) is 2.93. The van der Waals surface area contributed by atoms with E-state index >= 15 is 0 Å². The van der Waals surface area contributed by atoms with Crippen molar-refractivity contribution < 1.29 is 14.3 Å². The molecule has 0 aliphatic heterocycles. The zero-order chi connectivity index (χ0) is 16.3. The Morgan fingerprint density at radius 2 is 1.87 bits per heavy atom. The van der Waals surface area contributed by atoms with E-state index in [-0.39, 0.29) is 18.4 Å². The molecule has 0 fully saturated rings. The zero-order valence-electron chi connectivity index (χ0n) is 12.7. The van der Waals surface area contributed by atoms with Gasteiger partial charge in [-0.3, -0.25) is 0 Å². The third kappa shape index (κ3) is 3.51. The number of hydrogen-bond acceptors (Lipinski definition) is 2. The van der Waals surface area contributed by atoms with Gasteiger partial charge >= 0.3 is 6.03 Å². The summed E-state index contributed by atoms with van der Waals surface area (Å²) in [6.45, 7) is 0.473. The maximum Gasteiger partial charge on any atom is 0.315 e. The molecule has 0 bridgehead atoms. The van der Waals surface area contributed by atoms with E-state index in [1.165, 1.54) is 12.1 Å². The van der Waals surface area contributed by atoms with Crippen LogP contribution >= 0.6 is 0 Å². The smallest absolute Gasteiger partial charge is 0.315 e. The number of aryl methyl sites for hydroxylation is 1. The molecule has 1 atom stereocenters. The lowest BCUT2D eigenvalue weighted by Gasteiger charge is -2.24. The molecule has 2 aromatic rings. The molecule has 0 saturated carbocycles. The second-order valence-corrected chi connectivity index (χ2v) is 5.85. The number of rotatable bonds is 4. The molecule has 0 heterocycles. The number of urea groups is 1. The number of aliphatic hydroxyl groups is 1. The predicted molar refractivity (Wildman–Crippen MR) is 85.3 cm³/mol. The number of amides is 2. The first-order valence-corrected chi connectivity index (χ1v) is 7.64. The van der Waals surface area contributed by atoms with Gasteiger partial charge in [0, 0.05) is 6.54 Å². The monoisotopic (exact) mass is 314 g/mol. The van der Waals surface area contributed by atoms with Crippen LogP contribution < -0.4 is 10.6 Å². The maximum atomic E-state index is 12.8. The number of carbonyl (C=O) groups is 1. The summed E-state index contributed by atoms with van der Waals surface area (Å²) in [5, 5.41) is 16.1. The van der Waals surface area contributed by atoms with Crippen molar-refractivity contribution in [3.8, 4) is 0 Å². The summed E-state index contributed by atoms with van der Waals surface area (Å²) in [7, 11) is 0. The highest BCUT2D eigenvalue weighted by Crippen LogP contribution is 2.36. The van der Waals surface area contributed by atoms with Crippen molar-refractivity contribution in [3.63, 3.8) is 0 Å². The van der Waals surface area contributed by atoms with Crippen molar-refractivity contribution >= 4 is 6.03 Å². The predicted octanol–water partition coefficient (Wildman–Crippen LogP) is 2.46. The summed E-state index contributed by atoms with van der Waals surface area (Å²) in [4.78, 5) is 11.9. The van der Waals surface area contributed by atoms with Crippen LogP contribution in [0.4, 0.5) is 9.18 Å². The average Bonchev–Trinajstić information content (AvgIpc) is 2.91. The van der Waals surface area contributed by atoms with Crippen molar-refractivity contribution in [2.75, 3.05) is 6.54 Å². The summed E-state index contributed by atoms with van der Waals surface area (Å²) in [5.41, 5.74) is 1.82. The molecule has 2 aromatic carbocycles. The highest BCUT2D eigenvalue weighted by atomic mass is 19.1. The molecule has 3 N–H and O–H groups in total. The first-order valence-electron chi connectivity index (χ1n) is 7.64. The Kier molecular flexibility index (Phi) is 4.30. The summed E-state index contributed by atoms with van der Waals surface area (Å²) < 4.78 is 12.8. The maximum absolute atomic E-state index is 12.8.